The molecule has 0 fully saturated rings. The molecule has 1 aliphatic carbocycles. The summed E-state index contributed by atoms with van der Waals surface area (Å²) in [6.45, 7) is 2.02. The van der Waals surface area contributed by atoms with Crippen LogP contribution in [0.15, 0.2) is 48.8 Å². The van der Waals surface area contributed by atoms with Crippen LogP contribution in [-0.2, 0) is 18.0 Å². The number of fused-ring (bicyclic) bond motifs is 1. The number of hydrogen-bond acceptors (Lipinski definition) is 5. The van der Waals surface area contributed by atoms with E-state index in [0.29, 0.717) is 5.69 Å². The molecule has 1 atom stereocenters. The maximum Gasteiger partial charge on any atom is 0.418 e. The molecule has 0 saturated carbocycles. The van der Waals surface area contributed by atoms with Gasteiger partial charge in [-0.05, 0) is 42.7 Å². The molecule has 5 nitrogen and oxygen atoms in total. The summed E-state index contributed by atoms with van der Waals surface area (Å²) >= 11 is 0. The quantitative estimate of drug-likeness (QED) is 0.675. The molecular weight excluding hydrogens is 381 g/mol. The molecular formula is C21H19F3N4O. The Bertz CT molecular complexity index is 1050. The Morgan fingerprint density at radius 2 is 1.97 bits per heavy atom. The van der Waals surface area contributed by atoms with Crippen LogP contribution >= 0.6 is 0 Å². The van der Waals surface area contributed by atoms with Crippen LogP contribution in [0.5, 0.6) is 0 Å². The molecule has 8 heteroatoms. The Morgan fingerprint density at radius 3 is 2.72 bits per heavy atom. The largest absolute Gasteiger partial charge is 0.418 e. The molecule has 2 aromatic heterocycles. The molecule has 1 aromatic carbocycles. The van der Waals surface area contributed by atoms with Crippen molar-refractivity contribution < 1.29 is 18.3 Å². The maximum absolute atomic E-state index is 13.2. The van der Waals surface area contributed by atoms with Crippen molar-refractivity contribution in [3.63, 3.8) is 0 Å². The number of nitrogens with one attached hydrogen (secondary N) is 1. The number of aliphatic hydroxyl groups excluding tert-OH is 1. The van der Waals surface area contributed by atoms with Gasteiger partial charge in [0.2, 0.25) is 5.95 Å². The molecule has 2 heterocycles. The lowest BCUT2D eigenvalue weighted by atomic mass is 9.85. The number of nitrogens with zero attached hydrogens (tertiary/aromatic N) is 3. The van der Waals surface area contributed by atoms with E-state index < -0.39 is 11.7 Å². The summed E-state index contributed by atoms with van der Waals surface area (Å²) in [7, 11) is 0. The fourth-order valence-electron chi connectivity index (χ4n) is 3.59. The number of para-hydroxylation sites is 1. The Kier molecular flexibility index (Phi) is 4.74. The van der Waals surface area contributed by atoms with Crippen molar-refractivity contribution in [2.75, 3.05) is 11.9 Å². The molecule has 4 rings (SSSR count). The van der Waals surface area contributed by atoms with Crippen molar-refractivity contribution in [3.8, 4) is 11.3 Å². The average molecular weight is 400 g/mol. The molecule has 150 valence electrons. The lowest BCUT2D eigenvalue weighted by Gasteiger charge is -2.22. The second-order valence-corrected chi connectivity index (χ2v) is 7.37. The molecule has 0 aliphatic heterocycles. The highest BCUT2D eigenvalue weighted by molar-refractivity contribution is 5.64. The number of aryl methyl sites for hydroxylation is 1. The fraction of sp³-hybridized carbons (Fsp3) is 0.286. The van der Waals surface area contributed by atoms with Gasteiger partial charge in [0.1, 0.15) is 0 Å². The highest BCUT2D eigenvalue weighted by atomic mass is 19.4. The topological polar surface area (TPSA) is 70.9 Å². The first-order valence-electron chi connectivity index (χ1n) is 9.17. The summed E-state index contributed by atoms with van der Waals surface area (Å²) in [5, 5.41) is 12.4. The van der Waals surface area contributed by atoms with E-state index in [2.05, 4.69) is 20.3 Å². The van der Waals surface area contributed by atoms with Crippen LogP contribution in [0.25, 0.3) is 11.3 Å². The van der Waals surface area contributed by atoms with E-state index in [1.807, 2.05) is 13.0 Å². The summed E-state index contributed by atoms with van der Waals surface area (Å²) in [4.78, 5) is 12.9. The van der Waals surface area contributed by atoms with Gasteiger partial charge in [-0.2, -0.15) is 13.2 Å². The Labute approximate surface area is 165 Å². The van der Waals surface area contributed by atoms with Crippen LogP contribution in [-0.4, -0.2) is 26.7 Å². The zero-order valence-electron chi connectivity index (χ0n) is 15.7. The zero-order chi connectivity index (χ0) is 20.6. The van der Waals surface area contributed by atoms with Gasteiger partial charge in [-0.3, -0.25) is 4.98 Å². The first-order chi connectivity index (χ1) is 13.8. The summed E-state index contributed by atoms with van der Waals surface area (Å²) in [6.07, 6.45) is 0.314. The van der Waals surface area contributed by atoms with Gasteiger partial charge in [0, 0.05) is 29.1 Å². The fourth-order valence-corrected chi connectivity index (χ4v) is 3.59. The van der Waals surface area contributed by atoms with Crippen molar-refractivity contribution in [1.29, 1.82) is 0 Å². The van der Waals surface area contributed by atoms with Crippen molar-refractivity contribution in [2.24, 2.45) is 0 Å². The number of rotatable bonds is 4. The average Bonchev–Trinajstić information content (AvgIpc) is 3.05. The van der Waals surface area contributed by atoms with Gasteiger partial charge >= 0.3 is 6.18 Å². The van der Waals surface area contributed by atoms with E-state index in [9.17, 15) is 18.3 Å². The third kappa shape index (κ3) is 3.67. The number of anilines is 2. The van der Waals surface area contributed by atoms with Crippen molar-refractivity contribution in [2.45, 2.75) is 31.4 Å². The van der Waals surface area contributed by atoms with Crippen LogP contribution in [0.2, 0.25) is 0 Å². The van der Waals surface area contributed by atoms with E-state index >= 15 is 0 Å². The second-order valence-electron chi connectivity index (χ2n) is 7.37. The summed E-state index contributed by atoms with van der Waals surface area (Å²) in [5.41, 5.74) is 1.95. The van der Waals surface area contributed by atoms with Gasteiger partial charge in [0.15, 0.2) is 0 Å². The van der Waals surface area contributed by atoms with E-state index in [0.717, 1.165) is 35.7 Å². The minimum atomic E-state index is -4.49. The van der Waals surface area contributed by atoms with Crippen molar-refractivity contribution in [1.82, 2.24) is 15.0 Å². The predicted molar refractivity (Wildman–Crippen MR) is 103 cm³/mol. The number of alkyl halides is 3. The standard InChI is InChI=1S/C21H19F3N4O/c1-20(12-29)8-6-17-15(20)10-13(11-26-17)16-7-9-25-19(27-16)28-18-5-3-2-4-14(18)21(22,23)24/h2-5,7,9-11,29H,6,8,12H2,1H3,(H,25,27,28). The normalized spacial score (nSPS) is 18.5. The molecule has 1 aliphatic rings. The highest BCUT2D eigenvalue weighted by Crippen LogP contribution is 2.39. The zero-order valence-corrected chi connectivity index (χ0v) is 15.7. The molecule has 0 bridgehead atoms. The SMILES string of the molecule is CC1(CO)CCc2ncc(-c3ccnc(Nc4ccccc4C(F)(F)F)n3)cc21. The van der Waals surface area contributed by atoms with Gasteiger partial charge in [0.05, 0.1) is 23.6 Å². The number of hydrogen-bond donors (Lipinski definition) is 2. The number of pyridine rings is 1. The molecule has 1 unspecified atom stereocenters. The Hall–Kier alpha value is -3.00. The summed E-state index contributed by atoms with van der Waals surface area (Å²) < 4.78 is 39.7. The Morgan fingerprint density at radius 1 is 1.17 bits per heavy atom. The van der Waals surface area contributed by atoms with Crippen molar-refractivity contribution in [3.05, 3.63) is 65.6 Å². The van der Waals surface area contributed by atoms with Gasteiger partial charge in [-0.25, -0.2) is 9.97 Å². The van der Waals surface area contributed by atoms with E-state index in [1.54, 1.807) is 12.3 Å². The minimum Gasteiger partial charge on any atom is -0.395 e. The molecule has 0 spiro atoms. The van der Waals surface area contributed by atoms with E-state index in [4.69, 9.17) is 0 Å². The van der Waals surface area contributed by atoms with Gasteiger partial charge < -0.3 is 10.4 Å². The number of halogens is 3. The van der Waals surface area contributed by atoms with E-state index in [-0.39, 0.29) is 23.7 Å². The van der Waals surface area contributed by atoms with Crippen LogP contribution in [0.4, 0.5) is 24.8 Å². The van der Waals surface area contributed by atoms with E-state index in [1.165, 1.54) is 24.4 Å². The monoisotopic (exact) mass is 400 g/mol. The predicted octanol–water partition coefficient (Wildman–Crippen LogP) is 4.50. The number of benzene rings is 1. The molecule has 2 N–H and O–H groups in total. The molecule has 3 aromatic rings. The lowest BCUT2D eigenvalue weighted by Crippen LogP contribution is -2.23. The molecule has 0 radical (unpaired) electrons. The smallest absolute Gasteiger partial charge is 0.395 e. The molecule has 29 heavy (non-hydrogen) atoms. The van der Waals surface area contributed by atoms with Crippen molar-refractivity contribution >= 4 is 11.6 Å². The first kappa shape index (κ1) is 19.3. The second kappa shape index (κ2) is 7.11. The molecule has 0 saturated heterocycles. The van der Waals surface area contributed by atoms with Gasteiger partial charge in [0.25, 0.3) is 0 Å². The minimum absolute atomic E-state index is 0.0237. The lowest BCUT2D eigenvalue weighted by molar-refractivity contribution is -0.136. The van der Waals surface area contributed by atoms with Crippen LogP contribution < -0.4 is 5.32 Å². The van der Waals surface area contributed by atoms with Crippen LogP contribution in [0, 0.1) is 0 Å². The highest BCUT2D eigenvalue weighted by Gasteiger charge is 2.35. The summed E-state index contributed by atoms with van der Waals surface area (Å²) in [6, 6.07) is 8.81. The third-order valence-corrected chi connectivity index (χ3v) is 5.31. The van der Waals surface area contributed by atoms with Crippen LogP contribution in [0.3, 0.4) is 0 Å². The first-order valence-corrected chi connectivity index (χ1v) is 9.17. The maximum atomic E-state index is 13.2. The van der Waals surface area contributed by atoms with Gasteiger partial charge in [-0.1, -0.05) is 19.1 Å². The van der Waals surface area contributed by atoms with Crippen LogP contribution in [0.1, 0.15) is 30.2 Å². The third-order valence-electron chi connectivity index (χ3n) is 5.31. The summed E-state index contributed by atoms with van der Waals surface area (Å²) in [5.74, 6) is 0.0598. The van der Waals surface area contributed by atoms with Gasteiger partial charge in [-0.15, -0.1) is 0 Å². The number of aliphatic hydroxyl groups is 1. The molecule has 0 amide bonds. The Balaban J connectivity index is 1.67. The number of aromatic nitrogens is 3.